The molecule has 2 aromatic carbocycles. The van der Waals surface area contributed by atoms with Gasteiger partial charge in [0.25, 0.3) is 0 Å². The van der Waals surface area contributed by atoms with Gasteiger partial charge in [0.15, 0.2) is 0 Å². The molecule has 156 valence electrons. The maximum atomic E-state index is 14.1. The number of nitrogens with zero attached hydrogens (tertiary/aromatic N) is 4. The lowest BCUT2D eigenvalue weighted by molar-refractivity contribution is 0.0696. The average molecular weight is 561 g/mol. The highest BCUT2D eigenvalue weighted by Crippen LogP contribution is 2.36. The number of phenolic OH excluding ortho intramolecular Hbond substituents is 1. The first-order valence-corrected chi connectivity index (χ1v) is 10.8. The molecule has 7 nitrogen and oxygen atoms in total. The number of piperazine rings is 1. The van der Waals surface area contributed by atoms with Crippen molar-refractivity contribution >= 4 is 55.1 Å². The molecule has 0 radical (unpaired) electrons. The number of anilines is 1. The first kappa shape index (κ1) is 21.1. The van der Waals surface area contributed by atoms with Gasteiger partial charge in [0, 0.05) is 36.8 Å². The third kappa shape index (κ3) is 4.17. The summed E-state index contributed by atoms with van der Waals surface area (Å²) in [5.41, 5.74) is 1.02. The van der Waals surface area contributed by atoms with Gasteiger partial charge in [0.1, 0.15) is 11.6 Å². The summed E-state index contributed by atoms with van der Waals surface area (Å²) in [5, 5.41) is 14.0. The van der Waals surface area contributed by atoms with Gasteiger partial charge in [-0.05, 0) is 62.2 Å². The lowest BCUT2D eigenvalue weighted by Crippen LogP contribution is -2.49. The first-order chi connectivity index (χ1) is 14.3. The van der Waals surface area contributed by atoms with E-state index in [2.05, 4.69) is 42.0 Å². The molecule has 3 aromatic rings. The van der Waals surface area contributed by atoms with Gasteiger partial charge < -0.3 is 19.4 Å². The van der Waals surface area contributed by atoms with Crippen LogP contribution in [0.5, 0.6) is 5.75 Å². The first-order valence-electron chi connectivity index (χ1n) is 8.85. The fourth-order valence-electron chi connectivity index (χ4n) is 3.15. The smallest absolute Gasteiger partial charge is 0.316 e. The van der Waals surface area contributed by atoms with Crippen molar-refractivity contribution < 1.29 is 18.8 Å². The summed E-state index contributed by atoms with van der Waals surface area (Å²) >= 11 is 12.3. The number of amides is 1. The number of aromatic nitrogens is 2. The van der Waals surface area contributed by atoms with Crippen LogP contribution in [0, 0.1) is 5.82 Å². The van der Waals surface area contributed by atoms with Crippen LogP contribution in [0.15, 0.2) is 43.8 Å². The molecule has 1 saturated heterocycles. The zero-order valence-electron chi connectivity index (χ0n) is 15.3. The van der Waals surface area contributed by atoms with Gasteiger partial charge in [-0.15, -0.1) is 0 Å². The molecular formula is C19H14Br2ClFN4O3. The van der Waals surface area contributed by atoms with Crippen LogP contribution < -0.4 is 4.90 Å². The van der Waals surface area contributed by atoms with E-state index in [1.807, 2.05) is 4.90 Å². The van der Waals surface area contributed by atoms with Crippen LogP contribution in [0.3, 0.4) is 0 Å². The van der Waals surface area contributed by atoms with Crippen LogP contribution in [0.1, 0.15) is 10.7 Å². The lowest BCUT2D eigenvalue weighted by Gasteiger charge is -2.35. The summed E-state index contributed by atoms with van der Waals surface area (Å²) in [6.45, 7) is 1.69. The Balaban J connectivity index is 1.45. The van der Waals surface area contributed by atoms with E-state index >= 15 is 0 Å². The highest BCUT2D eigenvalue weighted by atomic mass is 79.9. The van der Waals surface area contributed by atoms with Crippen molar-refractivity contribution in [2.45, 2.75) is 0 Å². The summed E-state index contributed by atoms with van der Waals surface area (Å²) in [5.74, 6) is -0.636. The van der Waals surface area contributed by atoms with Gasteiger partial charge in [-0.1, -0.05) is 16.8 Å². The van der Waals surface area contributed by atoms with Gasteiger partial charge in [0.05, 0.1) is 14.6 Å². The number of hydrogen-bond donors (Lipinski definition) is 1. The fourth-order valence-corrected chi connectivity index (χ4v) is 4.49. The van der Waals surface area contributed by atoms with E-state index in [-0.39, 0.29) is 23.4 Å². The van der Waals surface area contributed by atoms with Crippen LogP contribution in [0.2, 0.25) is 5.02 Å². The molecule has 1 aliphatic rings. The molecule has 1 amide bonds. The van der Waals surface area contributed by atoms with E-state index in [9.17, 15) is 14.3 Å². The van der Waals surface area contributed by atoms with Crippen LogP contribution in [0.25, 0.3) is 11.4 Å². The molecule has 11 heteroatoms. The largest absolute Gasteiger partial charge is 0.506 e. The van der Waals surface area contributed by atoms with Gasteiger partial charge in [-0.25, -0.2) is 4.39 Å². The summed E-state index contributed by atoms with van der Waals surface area (Å²) in [7, 11) is 0. The van der Waals surface area contributed by atoms with Crippen molar-refractivity contribution in [1.29, 1.82) is 0 Å². The van der Waals surface area contributed by atoms with Crippen LogP contribution in [-0.4, -0.2) is 52.2 Å². The Hall–Kier alpha value is -2.17. The Morgan fingerprint density at radius 1 is 1.13 bits per heavy atom. The molecule has 0 bridgehead atoms. The standard InChI is InChI=1S/C19H14Br2ClFN4O3/c20-12-7-10(8-13(21)16(12)28)17-24-18(30-25-17)19(29)27-5-3-26(4-6-27)15-2-1-11(22)9-14(15)23/h1-2,7-9,28H,3-6H2. The predicted molar refractivity (Wildman–Crippen MR) is 116 cm³/mol. The van der Waals surface area contributed by atoms with Gasteiger partial charge in [0.2, 0.25) is 5.82 Å². The molecule has 0 unspecified atom stereocenters. The molecule has 30 heavy (non-hydrogen) atoms. The van der Waals surface area contributed by atoms with Crippen molar-refractivity contribution in [3.05, 3.63) is 56.0 Å². The predicted octanol–water partition coefficient (Wildman–Crippen LogP) is 4.72. The van der Waals surface area contributed by atoms with E-state index in [0.29, 0.717) is 51.4 Å². The van der Waals surface area contributed by atoms with E-state index in [1.165, 1.54) is 6.07 Å². The molecular weight excluding hydrogens is 546 g/mol. The maximum absolute atomic E-state index is 14.1. The number of phenols is 1. The Labute approximate surface area is 192 Å². The molecule has 0 aliphatic carbocycles. The highest BCUT2D eigenvalue weighted by Gasteiger charge is 2.27. The summed E-state index contributed by atoms with van der Waals surface area (Å²) in [6.07, 6.45) is 0. The molecule has 1 fully saturated rings. The monoisotopic (exact) mass is 558 g/mol. The molecule has 2 heterocycles. The van der Waals surface area contributed by atoms with Crippen LogP contribution in [0.4, 0.5) is 10.1 Å². The second kappa shape index (κ2) is 8.52. The van der Waals surface area contributed by atoms with Gasteiger partial charge in [-0.3, -0.25) is 4.79 Å². The number of carbonyl (C=O) groups excluding carboxylic acids is 1. The number of carbonyl (C=O) groups is 1. The summed E-state index contributed by atoms with van der Waals surface area (Å²) in [4.78, 5) is 20.4. The van der Waals surface area contributed by atoms with Crippen molar-refractivity contribution in [2.75, 3.05) is 31.1 Å². The number of hydrogen-bond acceptors (Lipinski definition) is 6. The lowest BCUT2D eigenvalue weighted by atomic mass is 10.2. The quantitative estimate of drug-likeness (QED) is 0.499. The molecule has 0 saturated carbocycles. The van der Waals surface area contributed by atoms with Gasteiger partial charge >= 0.3 is 11.8 Å². The number of rotatable bonds is 3. The molecule has 1 aromatic heterocycles. The third-order valence-corrected chi connectivity index (χ3v) is 6.15. The van der Waals surface area contributed by atoms with Crippen molar-refractivity contribution in [2.24, 2.45) is 0 Å². The molecule has 4 rings (SSSR count). The maximum Gasteiger partial charge on any atom is 0.316 e. The molecule has 0 atom stereocenters. The number of benzene rings is 2. The molecule has 1 N–H and O–H groups in total. The zero-order chi connectivity index (χ0) is 21.4. The fraction of sp³-hybridized carbons (Fsp3) is 0.211. The number of aromatic hydroxyl groups is 1. The Bertz CT molecular complexity index is 1100. The van der Waals surface area contributed by atoms with Crippen molar-refractivity contribution in [3.63, 3.8) is 0 Å². The third-order valence-electron chi connectivity index (χ3n) is 4.70. The van der Waals surface area contributed by atoms with Crippen LogP contribution >= 0.6 is 43.5 Å². The van der Waals surface area contributed by atoms with Crippen LogP contribution in [-0.2, 0) is 0 Å². The number of halogens is 4. The molecule has 0 spiro atoms. The topological polar surface area (TPSA) is 82.7 Å². The second-order valence-electron chi connectivity index (χ2n) is 6.59. The van der Waals surface area contributed by atoms with Crippen molar-refractivity contribution in [3.8, 4) is 17.1 Å². The van der Waals surface area contributed by atoms with E-state index < -0.39 is 5.82 Å². The van der Waals surface area contributed by atoms with E-state index in [4.69, 9.17) is 16.1 Å². The Kier molecular flexibility index (Phi) is 5.99. The second-order valence-corrected chi connectivity index (χ2v) is 8.73. The minimum atomic E-state index is -0.393. The normalized spacial score (nSPS) is 14.3. The van der Waals surface area contributed by atoms with Crippen molar-refractivity contribution in [1.82, 2.24) is 15.0 Å². The average Bonchev–Trinajstić information content (AvgIpc) is 3.21. The summed E-state index contributed by atoms with van der Waals surface area (Å²) in [6, 6.07) is 7.79. The Morgan fingerprint density at radius 2 is 1.80 bits per heavy atom. The summed E-state index contributed by atoms with van der Waals surface area (Å²) < 4.78 is 20.2. The molecule has 1 aliphatic heterocycles. The van der Waals surface area contributed by atoms with E-state index in [1.54, 1.807) is 29.2 Å². The van der Waals surface area contributed by atoms with E-state index in [0.717, 1.165) is 0 Å². The highest BCUT2D eigenvalue weighted by molar-refractivity contribution is 9.11. The van der Waals surface area contributed by atoms with Gasteiger partial charge in [-0.2, -0.15) is 4.98 Å². The zero-order valence-corrected chi connectivity index (χ0v) is 19.2. The minimum Gasteiger partial charge on any atom is -0.506 e. The SMILES string of the molecule is O=C(c1nc(-c2cc(Br)c(O)c(Br)c2)no1)N1CCN(c2ccc(Cl)cc2F)CC1. The Morgan fingerprint density at radius 3 is 2.43 bits per heavy atom. The minimum absolute atomic E-state index is 0.0496.